The molecule has 12 heteroatoms. The molecule has 0 aromatic heterocycles. The maximum Gasteiger partial charge on any atom is 0.253 e. The zero-order valence-electron chi connectivity index (χ0n) is 28.6. The SMILES string of the molecule is CCCCCCCCCCCCOCCOCCOCCOCCOCCOCCOCCOCCOCCN1C(=O)C=CC1=O. The maximum absolute atomic E-state index is 11.4. The minimum absolute atomic E-state index is 0.245. The molecule has 0 radical (unpaired) electrons. The van der Waals surface area contributed by atoms with Crippen molar-refractivity contribution in [3.05, 3.63) is 12.2 Å². The van der Waals surface area contributed by atoms with Crippen molar-refractivity contribution in [2.45, 2.75) is 71.1 Å². The summed E-state index contributed by atoms with van der Waals surface area (Å²) in [5.41, 5.74) is 0. The van der Waals surface area contributed by atoms with Gasteiger partial charge in [-0.25, -0.2) is 0 Å². The molecule has 0 atom stereocenters. The lowest BCUT2D eigenvalue weighted by molar-refractivity contribution is -0.137. The highest BCUT2D eigenvalue weighted by Crippen LogP contribution is 2.10. The van der Waals surface area contributed by atoms with Crippen LogP contribution in [-0.4, -0.2) is 142 Å². The second-order valence-corrected chi connectivity index (χ2v) is 10.9. The van der Waals surface area contributed by atoms with Crippen molar-refractivity contribution in [1.82, 2.24) is 4.90 Å². The van der Waals surface area contributed by atoms with E-state index in [0.717, 1.165) is 17.9 Å². The molecule has 0 spiro atoms. The minimum Gasteiger partial charge on any atom is -0.379 e. The van der Waals surface area contributed by atoms with Crippen LogP contribution in [0.25, 0.3) is 0 Å². The molecule has 1 aliphatic rings. The summed E-state index contributed by atoms with van der Waals surface area (Å²) in [6.45, 7) is 11.7. The van der Waals surface area contributed by atoms with Gasteiger partial charge < -0.3 is 42.6 Å². The number of carbonyl (C=O) groups excluding carboxylic acids is 2. The number of hydrogen-bond donors (Lipinski definition) is 0. The van der Waals surface area contributed by atoms with Gasteiger partial charge in [-0.3, -0.25) is 14.5 Å². The molecule has 12 nitrogen and oxygen atoms in total. The minimum atomic E-state index is -0.301. The Hall–Kier alpha value is -1.48. The van der Waals surface area contributed by atoms with Gasteiger partial charge in [0, 0.05) is 18.8 Å². The summed E-state index contributed by atoms with van der Waals surface area (Å²) in [6, 6.07) is 0. The van der Waals surface area contributed by atoms with E-state index < -0.39 is 0 Å². The Morgan fingerprint density at radius 2 is 0.630 bits per heavy atom. The molecule has 0 saturated heterocycles. The third-order valence-corrected chi connectivity index (χ3v) is 6.98. The Kier molecular flexibility index (Phi) is 32.2. The Morgan fingerprint density at radius 3 is 0.957 bits per heavy atom. The van der Waals surface area contributed by atoms with Crippen LogP contribution < -0.4 is 0 Å². The molecule has 1 heterocycles. The van der Waals surface area contributed by atoms with Gasteiger partial charge in [0.2, 0.25) is 0 Å². The first-order chi connectivity index (χ1) is 22.8. The van der Waals surface area contributed by atoms with E-state index in [1.807, 2.05) is 0 Å². The maximum atomic E-state index is 11.4. The van der Waals surface area contributed by atoms with Crippen LogP contribution in [0, 0.1) is 0 Å². The highest BCUT2D eigenvalue weighted by atomic mass is 16.6. The molecule has 46 heavy (non-hydrogen) atoms. The number of hydrogen-bond acceptors (Lipinski definition) is 11. The summed E-state index contributed by atoms with van der Waals surface area (Å²) in [6.07, 6.45) is 15.9. The second-order valence-electron chi connectivity index (χ2n) is 10.9. The fourth-order valence-corrected chi connectivity index (χ4v) is 4.36. The van der Waals surface area contributed by atoms with E-state index in [9.17, 15) is 9.59 Å². The fourth-order valence-electron chi connectivity index (χ4n) is 4.36. The standard InChI is InChI=1S/C34H63NO11/c1-2-3-4-5-6-7-8-9-10-11-15-38-17-19-40-21-23-42-25-27-44-29-31-46-32-30-45-28-26-43-24-22-41-20-18-39-16-14-35-33(36)12-13-34(35)37/h12-13H,2-11,14-32H2,1H3. The Labute approximate surface area is 277 Å². The number of ether oxygens (including phenoxy) is 9. The molecule has 0 aromatic carbocycles. The highest BCUT2D eigenvalue weighted by molar-refractivity contribution is 6.12. The van der Waals surface area contributed by atoms with Crippen molar-refractivity contribution in [3.63, 3.8) is 0 Å². The second kappa shape index (κ2) is 34.8. The van der Waals surface area contributed by atoms with Crippen LogP contribution in [0.1, 0.15) is 71.1 Å². The summed E-state index contributed by atoms with van der Waals surface area (Å²) < 4.78 is 49.4. The molecule has 0 aromatic rings. The largest absolute Gasteiger partial charge is 0.379 e. The topological polar surface area (TPSA) is 120 Å². The van der Waals surface area contributed by atoms with E-state index in [4.69, 9.17) is 42.6 Å². The normalized spacial score (nSPS) is 13.1. The van der Waals surface area contributed by atoms with Crippen LogP contribution in [0.3, 0.4) is 0 Å². The van der Waals surface area contributed by atoms with Crippen molar-refractivity contribution in [1.29, 1.82) is 0 Å². The number of imide groups is 1. The lowest BCUT2D eigenvalue weighted by Crippen LogP contribution is -2.33. The summed E-state index contributed by atoms with van der Waals surface area (Å²) >= 11 is 0. The van der Waals surface area contributed by atoms with Gasteiger partial charge in [-0.15, -0.1) is 0 Å². The molecule has 1 aliphatic heterocycles. The van der Waals surface area contributed by atoms with E-state index in [2.05, 4.69) is 6.92 Å². The van der Waals surface area contributed by atoms with Gasteiger partial charge in [-0.05, 0) is 6.42 Å². The molecule has 0 fully saturated rings. The van der Waals surface area contributed by atoms with Gasteiger partial charge in [0.15, 0.2) is 0 Å². The average Bonchev–Trinajstić information content (AvgIpc) is 3.38. The molecule has 0 unspecified atom stereocenters. The molecule has 0 N–H and O–H groups in total. The first kappa shape index (κ1) is 42.5. The molecule has 0 bridgehead atoms. The van der Waals surface area contributed by atoms with Gasteiger partial charge >= 0.3 is 0 Å². The number of unbranched alkanes of at least 4 members (excludes halogenated alkanes) is 9. The monoisotopic (exact) mass is 661 g/mol. The first-order valence-electron chi connectivity index (χ1n) is 17.5. The zero-order chi connectivity index (χ0) is 33.0. The third-order valence-electron chi connectivity index (χ3n) is 6.98. The van der Waals surface area contributed by atoms with Crippen molar-refractivity contribution >= 4 is 11.8 Å². The van der Waals surface area contributed by atoms with Gasteiger partial charge in [0.1, 0.15) is 0 Å². The van der Waals surface area contributed by atoms with Crippen LogP contribution in [0.5, 0.6) is 0 Å². The Balaban J connectivity index is 1.62. The predicted octanol–water partition coefficient (Wildman–Crippen LogP) is 3.98. The molecular formula is C34H63NO11. The molecular weight excluding hydrogens is 598 g/mol. The van der Waals surface area contributed by atoms with Crippen LogP contribution in [-0.2, 0) is 52.2 Å². The summed E-state index contributed by atoms with van der Waals surface area (Å²) in [5.74, 6) is -0.602. The number of amides is 2. The predicted molar refractivity (Wildman–Crippen MR) is 175 cm³/mol. The smallest absolute Gasteiger partial charge is 0.253 e. The number of rotatable bonds is 38. The number of nitrogens with zero attached hydrogens (tertiary/aromatic N) is 1. The van der Waals surface area contributed by atoms with E-state index >= 15 is 0 Å². The average molecular weight is 662 g/mol. The van der Waals surface area contributed by atoms with Crippen molar-refractivity contribution in [2.24, 2.45) is 0 Å². The van der Waals surface area contributed by atoms with Gasteiger partial charge in [-0.2, -0.15) is 0 Å². The fraction of sp³-hybridized carbons (Fsp3) is 0.882. The van der Waals surface area contributed by atoms with Crippen LogP contribution >= 0.6 is 0 Å². The van der Waals surface area contributed by atoms with Gasteiger partial charge in [0.25, 0.3) is 11.8 Å². The van der Waals surface area contributed by atoms with Gasteiger partial charge in [-0.1, -0.05) is 64.7 Å². The van der Waals surface area contributed by atoms with E-state index in [-0.39, 0.29) is 25.0 Å². The third kappa shape index (κ3) is 28.7. The quantitative estimate of drug-likeness (QED) is 0.0706. The van der Waals surface area contributed by atoms with E-state index in [0.29, 0.717) is 106 Å². The molecule has 2 amide bonds. The summed E-state index contributed by atoms with van der Waals surface area (Å²) in [4.78, 5) is 23.9. The number of carbonyl (C=O) groups is 2. The van der Waals surface area contributed by atoms with Crippen LogP contribution in [0.4, 0.5) is 0 Å². The lowest BCUT2D eigenvalue weighted by atomic mass is 10.1. The highest BCUT2D eigenvalue weighted by Gasteiger charge is 2.22. The van der Waals surface area contributed by atoms with E-state index in [1.165, 1.54) is 69.9 Å². The van der Waals surface area contributed by atoms with Crippen LogP contribution in [0.15, 0.2) is 12.2 Å². The molecule has 0 saturated carbocycles. The van der Waals surface area contributed by atoms with Crippen LogP contribution in [0.2, 0.25) is 0 Å². The van der Waals surface area contributed by atoms with Crippen molar-refractivity contribution in [2.75, 3.05) is 125 Å². The van der Waals surface area contributed by atoms with Crippen molar-refractivity contribution in [3.8, 4) is 0 Å². The summed E-state index contributed by atoms with van der Waals surface area (Å²) in [7, 11) is 0. The molecule has 1 rings (SSSR count). The van der Waals surface area contributed by atoms with E-state index in [1.54, 1.807) is 0 Å². The molecule has 270 valence electrons. The summed E-state index contributed by atoms with van der Waals surface area (Å²) in [5, 5.41) is 0. The lowest BCUT2D eigenvalue weighted by Gasteiger charge is -2.13. The van der Waals surface area contributed by atoms with Gasteiger partial charge in [0.05, 0.1) is 119 Å². The van der Waals surface area contributed by atoms with Crippen molar-refractivity contribution < 1.29 is 52.2 Å². The Bertz CT molecular complexity index is 693. The zero-order valence-corrected chi connectivity index (χ0v) is 28.6. The first-order valence-corrected chi connectivity index (χ1v) is 17.5. The molecule has 0 aliphatic carbocycles. The Morgan fingerprint density at radius 1 is 0.370 bits per heavy atom.